The zero-order valence-corrected chi connectivity index (χ0v) is 7.94. The second kappa shape index (κ2) is 4.53. The maximum Gasteiger partial charge on any atom is 0.307 e. The van der Waals surface area contributed by atoms with Crippen LogP contribution in [-0.4, -0.2) is 16.1 Å². The summed E-state index contributed by atoms with van der Waals surface area (Å²) in [6, 6.07) is 2.66. The van der Waals surface area contributed by atoms with Crippen LogP contribution in [0.5, 0.6) is 0 Å². The van der Waals surface area contributed by atoms with E-state index in [-0.39, 0.29) is 16.9 Å². The molecule has 16 heavy (non-hydrogen) atoms. The van der Waals surface area contributed by atoms with Gasteiger partial charge >= 0.3 is 5.97 Å². The summed E-state index contributed by atoms with van der Waals surface area (Å²) in [6.45, 7) is 0. The molecular weight excluding hydrogens is 220 g/mol. The summed E-state index contributed by atoms with van der Waals surface area (Å²) in [4.78, 5) is 13.8. The Kier molecular flexibility index (Phi) is 3.35. The molecule has 0 saturated carbocycles. The number of carbonyl (C=O) groups is 1. The van der Waals surface area contributed by atoms with E-state index in [0.717, 1.165) is 6.07 Å². The number of rotatable bonds is 3. The van der Waals surface area contributed by atoms with E-state index in [1.165, 1.54) is 0 Å². The van der Waals surface area contributed by atoms with Crippen molar-refractivity contribution < 1.29 is 18.7 Å². The zero-order valence-electron chi connectivity index (χ0n) is 7.94. The van der Waals surface area contributed by atoms with E-state index in [0.29, 0.717) is 0 Å². The predicted octanol–water partition coefficient (Wildman–Crippen LogP) is 1.10. The number of halogens is 2. The minimum atomic E-state index is -2.94. The van der Waals surface area contributed by atoms with Gasteiger partial charge in [-0.1, -0.05) is 0 Å². The first-order chi connectivity index (χ1) is 7.45. The van der Waals surface area contributed by atoms with Gasteiger partial charge in [-0.2, -0.15) is 5.26 Å². The van der Waals surface area contributed by atoms with E-state index < -0.39 is 24.5 Å². The molecule has 0 unspecified atom stereocenters. The number of pyridine rings is 1. The van der Waals surface area contributed by atoms with Crippen molar-refractivity contribution in [1.82, 2.24) is 4.98 Å². The quantitative estimate of drug-likeness (QED) is 0.805. The van der Waals surface area contributed by atoms with Crippen LogP contribution in [0.2, 0.25) is 0 Å². The number of nitrogens with zero attached hydrogens (tertiary/aromatic N) is 2. The highest BCUT2D eigenvalue weighted by Gasteiger charge is 2.19. The van der Waals surface area contributed by atoms with Crippen LogP contribution in [0.3, 0.4) is 0 Å². The predicted molar refractivity (Wildman–Crippen MR) is 49.7 cm³/mol. The summed E-state index contributed by atoms with van der Waals surface area (Å²) < 4.78 is 24.9. The van der Waals surface area contributed by atoms with Crippen molar-refractivity contribution in [2.45, 2.75) is 12.8 Å². The number of nitrogens with two attached hydrogens (primary N) is 1. The summed E-state index contributed by atoms with van der Waals surface area (Å²) in [5.74, 6) is -1.22. The molecule has 5 nitrogen and oxygen atoms in total. The summed E-state index contributed by atoms with van der Waals surface area (Å²) in [6.07, 6.45) is -3.47. The molecule has 0 amide bonds. The smallest absolute Gasteiger partial charge is 0.307 e. The average molecular weight is 227 g/mol. The van der Waals surface area contributed by atoms with Crippen molar-refractivity contribution in [3.63, 3.8) is 0 Å². The van der Waals surface area contributed by atoms with Gasteiger partial charge in [0.1, 0.15) is 17.5 Å². The fourth-order valence-corrected chi connectivity index (χ4v) is 1.16. The van der Waals surface area contributed by atoms with E-state index >= 15 is 0 Å². The second-order valence-electron chi connectivity index (χ2n) is 2.95. The number of carboxylic acids is 1. The van der Waals surface area contributed by atoms with Gasteiger partial charge < -0.3 is 10.8 Å². The average Bonchev–Trinajstić information content (AvgIpc) is 2.19. The summed E-state index contributed by atoms with van der Waals surface area (Å²) in [5.41, 5.74) is 3.90. The number of hydrogen-bond acceptors (Lipinski definition) is 4. The Morgan fingerprint density at radius 1 is 1.69 bits per heavy atom. The first-order valence-corrected chi connectivity index (χ1v) is 4.15. The maximum atomic E-state index is 12.5. The molecule has 1 aromatic heterocycles. The fraction of sp³-hybridized carbons (Fsp3) is 0.222. The number of carboxylic acid groups (broad SMARTS) is 1. The molecular formula is C9H7F2N3O2. The number of nitrogen functional groups attached to an aromatic ring is 1. The van der Waals surface area contributed by atoms with Crippen molar-refractivity contribution in [1.29, 1.82) is 5.26 Å². The number of alkyl halides is 2. The van der Waals surface area contributed by atoms with Crippen molar-refractivity contribution in [3.8, 4) is 6.07 Å². The van der Waals surface area contributed by atoms with Crippen LogP contribution in [0.25, 0.3) is 0 Å². The van der Waals surface area contributed by atoms with Crippen LogP contribution >= 0.6 is 0 Å². The third-order valence-corrected chi connectivity index (χ3v) is 1.84. The van der Waals surface area contributed by atoms with Gasteiger partial charge in [0, 0.05) is 0 Å². The molecule has 7 heteroatoms. The third kappa shape index (κ3) is 2.42. The molecule has 0 aliphatic rings. The Morgan fingerprint density at radius 3 is 2.75 bits per heavy atom. The molecule has 1 aromatic rings. The van der Waals surface area contributed by atoms with E-state index in [2.05, 4.69) is 4.98 Å². The third-order valence-electron chi connectivity index (χ3n) is 1.84. The SMILES string of the molecule is N#Cc1cc(CC(=O)O)c(N)c(C(F)F)n1. The molecule has 0 aromatic carbocycles. The molecule has 0 aliphatic carbocycles. The number of anilines is 1. The molecule has 0 atom stereocenters. The van der Waals surface area contributed by atoms with Crippen molar-refractivity contribution in [3.05, 3.63) is 23.0 Å². The van der Waals surface area contributed by atoms with E-state index in [4.69, 9.17) is 16.1 Å². The molecule has 0 saturated heterocycles. The Morgan fingerprint density at radius 2 is 2.31 bits per heavy atom. The Bertz CT molecular complexity index is 469. The standard InChI is InChI=1S/C9H7F2N3O2/c10-9(11)8-7(13)4(2-6(15)16)1-5(3-12)14-8/h1,9H,2,13H2,(H,15,16). The highest BCUT2D eigenvalue weighted by atomic mass is 19.3. The van der Waals surface area contributed by atoms with Crippen molar-refractivity contribution >= 4 is 11.7 Å². The van der Waals surface area contributed by atoms with Crippen LogP contribution in [0, 0.1) is 11.3 Å². The topological polar surface area (TPSA) is 100 Å². The van der Waals surface area contributed by atoms with Gasteiger partial charge in [0.15, 0.2) is 0 Å². The highest BCUT2D eigenvalue weighted by molar-refractivity contribution is 5.73. The Balaban J connectivity index is 3.32. The molecule has 84 valence electrons. The number of nitriles is 1. The monoisotopic (exact) mass is 227 g/mol. The minimum absolute atomic E-state index is 0.0330. The van der Waals surface area contributed by atoms with Gasteiger partial charge in [-0.15, -0.1) is 0 Å². The number of aliphatic carboxylic acids is 1. The van der Waals surface area contributed by atoms with Crippen LogP contribution in [0.4, 0.5) is 14.5 Å². The summed E-state index contributed by atoms with van der Waals surface area (Å²) in [5, 5.41) is 17.1. The normalized spacial score (nSPS) is 10.1. The van der Waals surface area contributed by atoms with Crippen LogP contribution < -0.4 is 5.73 Å². The number of hydrogen-bond donors (Lipinski definition) is 2. The number of aromatic nitrogens is 1. The van der Waals surface area contributed by atoms with Crippen molar-refractivity contribution in [2.75, 3.05) is 5.73 Å². The largest absolute Gasteiger partial charge is 0.481 e. The van der Waals surface area contributed by atoms with E-state index in [1.807, 2.05) is 0 Å². The highest BCUT2D eigenvalue weighted by Crippen LogP contribution is 2.26. The lowest BCUT2D eigenvalue weighted by atomic mass is 10.1. The summed E-state index contributed by atoms with van der Waals surface area (Å²) >= 11 is 0. The first-order valence-electron chi connectivity index (χ1n) is 4.15. The van der Waals surface area contributed by atoms with Gasteiger partial charge in [0.2, 0.25) is 0 Å². The van der Waals surface area contributed by atoms with Crippen molar-refractivity contribution in [2.24, 2.45) is 0 Å². The van der Waals surface area contributed by atoms with Gasteiger partial charge in [-0.05, 0) is 11.6 Å². The van der Waals surface area contributed by atoms with Gasteiger partial charge in [-0.3, -0.25) is 4.79 Å². The molecule has 0 fully saturated rings. The first kappa shape index (κ1) is 11.8. The van der Waals surface area contributed by atoms with E-state index in [1.54, 1.807) is 6.07 Å². The maximum absolute atomic E-state index is 12.5. The molecule has 0 spiro atoms. The van der Waals surface area contributed by atoms with Gasteiger partial charge in [0.05, 0.1) is 12.1 Å². The lowest BCUT2D eigenvalue weighted by Gasteiger charge is -2.08. The molecule has 3 N–H and O–H groups in total. The fourth-order valence-electron chi connectivity index (χ4n) is 1.16. The van der Waals surface area contributed by atoms with Gasteiger partial charge in [0.25, 0.3) is 6.43 Å². The van der Waals surface area contributed by atoms with E-state index in [9.17, 15) is 13.6 Å². The van der Waals surface area contributed by atoms with Crippen LogP contribution in [0.15, 0.2) is 6.07 Å². The van der Waals surface area contributed by atoms with Crippen LogP contribution in [-0.2, 0) is 11.2 Å². The summed E-state index contributed by atoms with van der Waals surface area (Å²) in [7, 11) is 0. The van der Waals surface area contributed by atoms with Crippen LogP contribution in [0.1, 0.15) is 23.4 Å². The lowest BCUT2D eigenvalue weighted by molar-refractivity contribution is -0.136. The van der Waals surface area contributed by atoms with Gasteiger partial charge in [-0.25, -0.2) is 13.8 Å². The minimum Gasteiger partial charge on any atom is -0.481 e. The Labute approximate surface area is 89.1 Å². The zero-order chi connectivity index (χ0) is 12.3. The second-order valence-corrected chi connectivity index (χ2v) is 2.95. The molecule has 0 bridgehead atoms. The molecule has 0 aliphatic heterocycles. The molecule has 0 radical (unpaired) electrons. The molecule has 1 rings (SSSR count). The Hall–Kier alpha value is -2.23. The molecule has 1 heterocycles. The lowest BCUT2D eigenvalue weighted by Crippen LogP contribution is -2.09.